The van der Waals surface area contributed by atoms with Crippen molar-refractivity contribution in [3.05, 3.63) is 0 Å². The number of ether oxygens (including phenoxy) is 1. The van der Waals surface area contributed by atoms with Crippen molar-refractivity contribution in [2.24, 2.45) is 5.92 Å². The molecule has 0 aromatic heterocycles. The maximum Gasteiger partial charge on any atom is 0.320 e. The van der Waals surface area contributed by atoms with Gasteiger partial charge in [-0.2, -0.15) is 0 Å². The third-order valence-electron chi connectivity index (χ3n) is 1.73. The average Bonchev–Trinajstić information content (AvgIpc) is 2.02. The zero-order valence-corrected chi connectivity index (χ0v) is 8.83. The molecule has 0 amide bonds. The van der Waals surface area contributed by atoms with Crippen molar-refractivity contribution in [1.29, 1.82) is 0 Å². The highest BCUT2D eigenvalue weighted by Crippen LogP contribution is 2.07. The van der Waals surface area contributed by atoms with E-state index in [0.717, 1.165) is 6.42 Å². The van der Waals surface area contributed by atoms with E-state index in [1.165, 1.54) is 6.92 Å². The summed E-state index contributed by atoms with van der Waals surface area (Å²) >= 11 is 0. The van der Waals surface area contributed by atoms with Crippen LogP contribution in [0.25, 0.3) is 0 Å². The molecule has 0 rings (SSSR count). The van der Waals surface area contributed by atoms with Crippen molar-refractivity contribution in [3.8, 4) is 0 Å². The van der Waals surface area contributed by atoms with Crippen molar-refractivity contribution in [3.63, 3.8) is 0 Å². The quantitative estimate of drug-likeness (QED) is 0.498. The molecular formula is C10H16O4. The molecule has 80 valence electrons. The first kappa shape index (κ1) is 12.8. The summed E-state index contributed by atoms with van der Waals surface area (Å²) in [5.41, 5.74) is 0. The summed E-state index contributed by atoms with van der Waals surface area (Å²) in [4.78, 5) is 32.6. The Bertz CT molecular complexity index is 232. The lowest BCUT2D eigenvalue weighted by Gasteiger charge is -2.07. The lowest BCUT2D eigenvalue weighted by Crippen LogP contribution is -2.20. The first-order chi connectivity index (χ1) is 6.47. The Kier molecular flexibility index (Phi) is 5.76. The Morgan fingerprint density at radius 1 is 1.29 bits per heavy atom. The van der Waals surface area contributed by atoms with Gasteiger partial charge in [-0.25, -0.2) is 0 Å². The van der Waals surface area contributed by atoms with Crippen LogP contribution < -0.4 is 0 Å². The summed E-state index contributed by atoms with van der Waals surface area (Å²) in [5, 5.41) is 0. The van der Waals surface area contributed by atoms with Gasteiger partial charge in [-0.3, -0.25) is 14.4 Å². The van der Waals surface area contributed by atoms with Crippen LogP contribution in [0.5, 0.6) is 0 Å². The van der Waals surface area contributed by atoms with E-state index in [1.54, 1.807) is 6.92 Å². The zero-order valence-electron chi connectivity index (χ0n) is 8.83. The van der Waals surface area contributed by atoms with Crippen LogP contribution >= 0.6 is 0 Å². The largest absolute Gasteiger partial charge is 0.393 e. The number of Topliss-reactive ketones (excluding diaryl/α,β-unsaturated/α-hetero) is 1. The van der Waals surface area contributed by atoms with Crippen LogP contribution in [-0.2, 0) is 19.1 Å². The summed E-state index contributed by atoms with van der Waals surface area (Å²) in [5.74, 6) is -1.88. The van der Waals surface area contributed by atoms with Crippen LogP contribution in [0.4, 0.5) is 0 Å². The average molecular weight is 200 g/mol. The molecule has 0 spiro atoms. The minimum absolute atomic E-state index is 0.282. The Hall–Kier alpha value is -1.19. The van der Waals surface area contributed by atoms with E-state index in [2.05, 4.69) is 4.74 Å². The van der Waals surface area contributed by atoms with Crippen molar-refractivity contribution in [2.75, 3.05) is 0 Å². The van der Waals surface area contributed by atoms with Gasteiger partial charge in [0.25, 0.3) is 0 Å². The van der Waals surface area contributed by atoms with Gasteiger partial charge in [0.2, 0.25) is 0 Å². The summed E-state index contributed by atoms with van der Waals surface area (Å²) in [6.45, 7) is 4.93. The van der Waals surface area contributed by atoms with Gasteiger partial charge in [-0.15, -0.1) is 0 Å². The molecule has 0 aliphatic heterocycles. The predicted octanol–water partition coefficient (Wildman–Crippen LogP) is 1.47. The minimum atomic E-state index is -0.759. The lowest BCUT2D eigenvalue weighted by molar-refractivity contribution is -0.162. The normalized spacial score (nSPS) is 11.9. The lowest BCUT2D eigenvalue weighted by atomic mass is 10.1. The molecule has 4 heteroatoms. The van der Waals surface area contributed by atoms with Gasteiger partial charge in [0, 0.05) is 0 Å². The molecule has 0 bridgehead atoms. The maximum absolute atomic E-state index is 11.2. The fourth-order valence-corrected chi connectivity index (χ4v) is 1.00. The zero-order chi connectivity index (χ0) is 11.1. The highest BCUT2D eigenvalue weighted by Gasteiger charge is 2.18. The molecule has 1 unspecified atom stereocenters. The number of carbonyl (C=O) groups is 3. The van der Waals surface area contributed by atoms with Crippen LogP contribution in [0.1, 0.15) is 40.0 Å². The van der Waals surface area contributed by atoms with Crippen LogP contribution in [0, 0.1) is 5.92 Å². The van der Waals surface area contributed by atoms with Gasteiger partial charge in [-0.1, -0.05) is 20.3 Å². The highest BCUT2D eigenvalue weighted by molar-refractivity contribution is 5.98. The van der Waals surface area contributed by atoms with E-state index in [-0.39, 0.29) is 18.1 Å². The molecule has 0 aliphatic carbocycles. The van der Waals surface area contributed by atoms with Gasteiger partial charge in [0.1, 0.15) is 12.2 Å². The van der Waals surface area contributed by atoms with Crippen LogP contribution in [-0.4, -0.2) is 17.7 Å². The molecular weight excluding hydrogens is 184 g/mol. The Labute approximate surface area is 83.6 Å². The summed E-state index contributed by atoms with van der Waals surface area (Å²) in [6, 6.07) is 0. The second-order valence-corrected chi connectivity index (χ2v) is 3.36. The van der Waals surface area contributed by atoms with E-state index in [0.29, 0.717) is 6.42 Å². The van der Waals surface area contributed by atoms with E-state index < -0.39 is 11.9 Å². The number of rotatable bonds is 5. The van der Waals surface area contributed by atoms with Crippen LogP contribution in [0.15, 0.2) is 0 Å². The molecule has 0 fully saturated rings. The van der Waals surface area contributed by atoms with Crippen molar-refractivity contribution >= 4 is 17.7 Å². The number of carbonyl (C=O) groups excluding carboxylic acids is 3. The first-order valence-electron chi connectivity index (χ1n) is 4.71. The summed E-state index contributed by atoms with van der Waals surface area (Å²) in [7, 11) is 0. The third-order valence-corrected chi connectivity index (χ3v) is 1.73. The minimum Gasteiger partial charge on any atom is -0.393 e. The molecule has 0 aromatic rings. The van der Waals surface area contributed by atoms with E-state index >= 15 is 0 Å². The van der Waals surface area contributed by atoms with Gasteiger partial charge < -0.3 is 4.74 Å². The topological polar surface area (TPSA) is 60.4 Å². The number of ketones is 1. The molecule has 0 N–H and O–H groups in total. The van der Waals surface area contributed by atoms with Gasteiger partial charge in [-0.05, 0) is 13.3 Å². The summed E-state index contributed by atoms with van der Waals surface area (Å²) < 4.78 is 4.48. The van der Waals surface area contributed by atoms with Crippen molar-refractivity contribution in [1.82, 2.24) is 0 Å². The Morgan fingerprint density at radius 2 is 1.86 bits per heavy atom. The molecule has 4 nitrogen and oxygen atoms in total. The Morgan fingerprint density at radius 3 is 2.29 bits per heavy atom. The van der Waals surface area contributed by atoms with Gasteiger partial charge in [0.05, 0.1) is 5.92 Å². The molecule has 14 heavy (non-hydrogen) atoms. The number of esters is 2. The molecule has 0 heterocycles. The molecule has 0 radical (unpaired) electrons. The summed E-state index contributed by atoms with van der Waals surface area (Å²) in [6.07, 6.45) is 1.22. The standard InChI is InChI=1S/C10H16O4/c1-4-5-7(2)10(13)14-9(12)6-8(3)11/h7H,4-6H2,1-3H3. The third kappa shape index (κ3) is 5.45. The smallest absolute Gasteiger partial charge is 0.320 e. The molecule has 0 saturated carbocycles. The van der Waals surface area contributed by atoms with E-state index in [4.69, 9.17) is 0 Å². The first-order valence-corrected chi connectivity index (χ1v) is 4.71. The number of hydrogen-bond donors (Lipinski definition) is 0. The van der Waals surface area contributed by atoms with E-state index in [1.807, 2.05) is 6.92 Å². The molecule has 0 aliphatic rings. The highest BCUT2D eigenvalue weighted by atomic mass is 16.6. The number of hydrogen-bond acceptors (Lipinski definition) is 4. The fourth-order valence-electron chi connectivity index (χ4n) is 1.00. The maximum atomic E-state index is 11.2. The van der Waals surface area contributed by atoms with Crippen LogP contribution in [0.3, 0.4) is 0 Å². The SMILES string of the molecule is CCCC(C)C(=O)OC(=O)CC(C)=O. The van der Waals surface area contributed by atoms with Gasteiger partial charge >= 0.3 is 11.9 Å². The van der Waals surface area contributed by atoms with Crippen molar-refractivity contribution < 1.29 is 19.1 Å². The van der Waals surface area contributed by atoms with Crippen molar-refractivity contribution in [2.45, 2.75) is 40.0 Å². The molecule has 0 aromatic carbocycles. The fraction of sp³-hybridized carbons (Fsp3) is 0.700. The Balaban J connectivity index is 3.93. The second kappa shape index (κ2) is 6.29. The molecule has 0 saturated heterocycles. The monoisotopic (exact) mass is 200 g/mol. The van der Waals surface area contributed by atoms with Gasteiger partial charge in [0.15, 0.2) is 0 Å². The van der Waals surface area contributed by atoms with E-state index in [9.17, 15) is 14.4 Å². The predicted molar refractivity (Wildman–Crippen MR) is 50.5 cm³/mol. The molecule has 1 atom stereocenters. The van der Waals surface area contributed by atoms with Crippen LogP contribution in [0.2, 0.25) is 0 Å². The second-order valence-electron chi connectivity index (χ2n) is 3.36.